The van der Waals surface area contributed by atoms with E-state index in [1.807, 2.05) is 297 Å². The molecule has 2 aliphatic heterocycles. The molecule has 14 rings (SSSR count). The number of hydrogen-bond donors (Lipinski definition) is 1. The zero-order valence-corrected chi connectivity index (χ0v) is 55.9. The van der Waals surface area contributed by atoms with E-state index in [2.05, 4.69) is 0 Å². The number of ether oxygens (including phenoxy) is 11. The molecule has 1 N–H and O–H groups in total. The summed E-state index contributed by atoms with van der Waals surface area (Å²) < 4.78 is 76.9. The van der Waals surface area contributed by atoms with Crippen LogP contribution in [0.3, 0.4) is 0 Å². The average Bonchev–Trinajstić information content (AvgIpc) is 0.720. The van der Waals surface area contributed by atoms with E-state index < -0.39 is 36.3 Å². The van der Waals surface area contributed by atoms with Crippen LogP contribution in [0.1, 0.15) is 97.4 Å². The van der Waals surface area contributed by atoms with Crippen LogP contribution in [0.2, 0.25) is 0 Å². The van der Waals surface area contributed by atoms with Crippen molar-refractivity contribution in [2.24, 2.45) is 0 Å². The number of aliphatic hydroxyl groups is 1. The van der Waals surface area contributed by atoms with E-state index in [9.17, 15) is 9.90 Å². The summed E-state index contributed by atoms with van der Waals surface area (Å²) in [6.07, 6.45) is -4.51. The monoisotopic (exact) mass is 1340 g/mol. The molecule has 12 aromatic carbocycles. The topological polar surface area (TPSA) is 139 Å². The fourth-order valence-electron chi connectivity index (χ4n) is 12.7. The molecule has 506 valence electrons. The summed E-state index contributed by atoms with van der Waals surface area (Å²) in [4.78, 5) is 14.5. The molecule has 101 heavy (non-hydrogen) atoms. The fourth-order valence-corrected chi connectivity index (χ4v) is 12.7. The summed E-state index contributed by atoms with van der Waals surface area (Å²) in [6, 6.07) is 96.2. The van der Waals surface area contributed by atoms with Crippen molar-refractivity contribution in [1.29, 1.82) is 0 Å². The van der Waals surface area contributed by atoms with Gasteiger partial charge < -0.3 is 57.2 Å². The Balaban J connectivity index is 0.982. The van der Waals surface area contributed by atoms with Gasteiger partial charge in [-0.05, 0) is 74.3 Å². The van der Waals surface area contributed by atoms with E-state index in [0.717, 1.165) is 44.5 Å². The summed E-state index contributed by atoms with van der Waals surface area (Å²) >= 11 is 0. The minimum Gasteiger partial charge on any atom is -0.489 e. The van der Waals surface area contributed by atoms with Crippen molar-refractivity contribution in [2.45, 2.75) is 96.5 Å². The number of carbonyl (C=O) groups is 1. The van der Waals surface area contributed by atoms with Crippen molar-refractivity contribution < 1.29 is 62.0 Å². The molecule has 2 aliphatic rings. The minimum atomic E-state index is -1.24. The predicted molar refractivity (Wildman–Crippen MR) is 386 cm³/mol. The van der Waals surface area contributed by atoms with Gasteiger partial charge in [0.25, 0.3) is 0 Å². The van der Waals surface area contributed by atoms with Crippen LogP contribution in [-0.2, 0) is 68.8 Å². The third-order valence-corrected chi connectivity index (χ3v) is 17.7. The molecule has 12 aromatic rings. The number of fused-ring (bicyclic) bond motifs is 2. The van der Waals surface area contributed by atoms with Crippen LogP contribution in [0.5, 0.6) is 57.5 Å². The highest BCUT2D eigenvalue weighted by Gasteiger charge is 2.49. The van der Waals surface area contributed by atoms with Gasteiger partial charge in [-0.2, -0.15) is 0 Å². The van der Waals surface area contributed by atoms with Crippen LogP contribution < -0.4 is 47.4 Å². The van der Waals surface area contributed by atoms with Crippen molar-refractivity contribution >= 4 is 5.97 Å². The van der Waals surface area contributed by atoms with Crippen LogP contribution in [-0.4, -0.2) is 23.3 Å². The molecule has 0 saturated heterocycles. The Morgan fingerprint density at radius 2 is 0.683 bits per heavy atom. The largest absolute Gasteiger partial charge is 0.489 e. The van der Waals surface area contributed by atoms with Crippen LogP contribution in [0.25, 0.3) is 0 Å². The summed E-state index contributed by atoms with van der Waals surface area (Å²) in [7, 11) is 0. The molecule has 2 heterocycles. The summed E-state index contributed by atoms with van der Waals surface area (Å²) in [5, 5.41) is 13.0. The molecule has 0 radical (unpaired) electrons. The SMILES string of the molecule is CC(=O)O[C@@H]1[C@@H](c2c(OCc3ccccc3)cc(OCc3ccccc3)c3c2O[C@H](c2ccc(OCc4ccccc4)c(OCc4ccccc4)c2)[C@H](O)C3)c2c(OCc3ccccc3)cc(OCc3ccccc3)cc2O[C@@H]1c1ccc(OCc2ccccc2)c(OCc2ccccc2)c1. The molecule has 0 aromatic heterocycles. The summed E-state index contributed by atoms with van der Waals surface area (Å²) in [5.74, 6) is 2.45. The standard InChI is InChI=1S/C88H76O13/c1-60(89)99-88-84(82-79(97-58-67-38-22-8-23-39-67)48-71(91-52-61-26-10-2-11-27-61)49-81(82)100-86(88)70-43-45-75(93-54-63-30-14-4-15-31-63)78(47-70)96-57-66-36-20-7-21-37-66)83-80(98-59-68-40-24-9-25-41-68)51-76(94-55-64-32-16-5-17-33-64)72-50-73(90)85(101-87(72)83)69-42-44-74(92-53-62-28-12-3-13-29-62)77(46-69)95-56-65-34-18-6-19-35-65/h2-49,51,73,84-86,88,90H,50,52-59H2,1H3/t73-,84-,85-,86-,88-/m1/s1. The molecular weight excluding hydrogens is 1260 g/mol. The van der Waals surface area contributed by atoms with Crippen molar-refractivity contribution in [3.8, 4) is 57.5 Å². The zero-order valence-electron chi connectivity index (χ0n) is 55.9. The second-order valence-electron chi connectivity index (χ2n) is 24.9. The number of esters is 1. The van der Waals surface area contributed by atoms with Crippen LogP contribution >= 0.6 is 0 Å². The maximum Gasteiger partial charge on any atom is 0.303 e. The van der Waals surface area contributed by atoms with Crippen LogP contribution in [0.15, 0.2) is 297 Å². The molecular formula is C88H76O13. The second kappa shape index (κ2) is 32.2. The molecule has 0 spiro atoms. The van der Waals surface area contributed by atoms with E-state index in [1.54, 1.807) is 0 Å². The van der Waals surface area contributed by atoms with Crippen molar-refractivity contribution in [1.82, 2.24) is 0 Å². The van der Waals surface area contributed by atoms with Crippen LogP contribution in [0.4, 0.5) is 0 Å². The van der Waals surface area contributed by atoms with E-state index in [0.29, 0.717) is 85.3 Å². The van der Waals surface area contributed by atoms with Gasteiger partial charge in [-0.1, -0.05) is 255 Å². The molecule has 0 fully saturated rings. The highest BCUT2D eigenvalue weighted by molar-refractivity contribution is 5.70. The highest BCUT2D eigenvalue weighted by atomic mass is 16.6. The van der Waals surface area contributed by atoms with Crippen LogP contribution in [0, 0.1) is 0 Å². The van der Waals surface area contributed by atoms with Gasteiger partial charge in [0.1, 0.15) is 93.5 Å². The molecule has 5 atom stereocenters. The third kappa shape index (κ3) is 16.6. The number of hydrogen-bond acceptors (Lipinski definition) is 13. The first-order valence-corrected chi connectivity index (χ1v) is 34.0. The van der Waals surface area contributed by atoms with Gasteiger partial charge in [-0.15, -0.1) is 0 Å². The minimum absolute atomic E-state index is 0.0382. The Bertz CT molecular complexity index is 4660. The normalized spacial score (nSPS) is 15.8. The average molecular weight is 1340 g/mol. The Labute approximate surface area is 588 Å². The van der Waals surface area contributed by atoms with Gasteiger partial charge in [0.15, 0.2) is 35.2 Å². The lowest BCUT2D eigenvalue weighted by Gasteiger charge is -2.42. The third-order valence-electron chi connectivity index (χ3n) is 17.7. The van der Waals surface area contributed by atoms with E-state index in [4.69, 9.17) is 52.1 Å². The lowest BCUT2D eigenvalue weighted by atomic mass is 9.77. The van der Waals surface area contributed by atoms with Gasteiger partial charge in [0.2, 0.25) is 0 Å². The first-order valence-electron chi connectivity index (χ1n) is 34.0. The van der Waals surface area contributed by atoms with E-state index in [1.165, 1.54) is 6.92 Å². The Kier molecular flexibility index (Phi) is 21.1. The second-order valence-corrected chi connectivity index (χ2v) is 24.9. The molecule has 0 aliphatic carbocycles. The molecule has 0 saturated carbocycles. The lowest BCUT2D eigenvalue weighted by molar-refractivity contribution is -0.154. The maximum atomic E-state index is 14.5. The number of aliphatic hydroxyl groups excluding tert-OH is 1. The van der Waals surface area contributed by atoms with Gasteiger partial charge in [0.05, 0.1) is 12.0 Å². The fraction of sp³-hybridized carbons (Fsp3) is 0.170. The Morgan fingerprint density at radius 1 is 0.347 bits per heavy atom. The highest BCUT2D eigenvalue weighted by Crippen LogP contribution is 2.59. The summed E-state index contributed by atoms with van der Waals surface area (Å²) in [6.45, 7) is 2.98. The van der Waals surface area contributed by atoms with E-state index in [-0.39, 0.29) is 59.3 Å². The molecule has 0 amide bonds. The zero-order chi connectivity index (χ0) is 68.5. The number of carbonyl (C=O) groups excluding carboxylic acids is 1. The lowest BCUT2D eigenvalue weighted by Crippen LogP contribution is -2.40. The number of benzene rings is 12. The molecule has 13 heteroatoms. The van der Waals surface area contributed by atoms with E-state index >= 15 is 0 Å². The first kappa shape index (κ1) is 66.3. The van der Waals surface area contributed by atoms with Crippen molar-refractivity contribution in [3.63, 3.8) is 0 Å². The Morgan fingerprint density at radius 3 is 1.07 bits per heavy atom. The van der Waals surface area contributed by atoms with Gasteiger partial charge in [-0.3, -0.25) is 4.79 Å². The predicted octanol–water partition coefficient (Wildman–Crippen LogP) is 18.6. The van der Waals surface area contributed by atoms with Gasteiger partial charge >= 0.3 is 5.97 Å². The molecule has 0 unspecified atom stereocenters. The Hall–Kier alpha value is -11.9. The number of rotatable bonds is 28. The molecule has 13 nitrogen and oxygen atoms in total. The van der Waals surface area contributed by atoms with Gasteiger partial charge in [0, 0.05) is 53.8 Å². The van der Waals surface area contributed by atoms with Gasteiger partial charge in [-0.25, -0.2) is 0 Å². The van der Waals surface area contributed by atoms with Crippen molar-refractivity contribution in [3.05, 3.63) is 370 Å². The first-order chi connectivity index (χ1) is 49.8. The smallest absolute Gasteiger partial charge is 0.303 e. The summed E-state index contributed by atoms with van der Waals surface area (Å²) in [5.41, 5.74) is 10.2. The quantitative estimate of drug-likeness (QED) is 0.0466. The van der Waals surface area contributed by atoms with Crippen molar-refractivity contribution in [2.75, 3.05) is 0 Å². The molecule has 0 bridgehead atoms. The maximum absolute atomic E-state index is 14.5.